The van der Waals surface area contributed by atoms with Crippen molar-refractivity contribution in [3.05, 3.63) is 47.0 Å². The molecule has 1 saturated carbocycles. The number of fused-ring (bicyclic) bond motifs is 2. The minimum Gasteiger partial charge on any atom is -0.478 e. The number of hydrogen-bond acceptors (Lipinski definition) is 1. The Morgan fingerprint density at radius 3 is 2.41 bits per heavy atom. The van der Waals surface area contributed by atoms with Gasteiger partial charge in [0.1, 0.15) is 0 Å². The zero-order chi connectivity index (χ0) is 12.0. The van der Waals surface area contributed by atoms with E-state index in [1.54, 1.807) is 17.7 Å². The van der Waals surface area contributed by atoms with E-state index < -0.39 is 5.97 Å². The van der Waals surface area contributed by atoms with Gasteiger partial charge in [-0.3, -0.25) is 0 Å². The van der Waals surface area contributed by atoms with E-state index in [0.717, 1.165) is 5.92 Å². The van der Waals surface area contributed by atoms with E-state index >= 15 is 0 Å². The van der Waals surface area contributed by atoms with E-state index in [-0.39, 0.29) is 0 Å². The zero-order valence-electron chi connectivity index (χ0n) is 9.89. The second kappa shape index (κ2) is 3.73. The molecule has 0 saturated heterocycles. The lowest BCUT2D eigenvalue weighted by Crippen LogP contribution is -2.07. The average Bonchev–Trinajstić information content (AvgIpc) is 2.87. The van der Waals surface area contributed by atoms with Gasteiger partial charge in [-0.05, 0) is 55.2 Å². The molecule has 1 fully saturated rings. The van der Waals surface area contributed by atoms with Crippen LogP contribution in [0.4, 0.5) is 0 Å². The number of benzene rings is 1. The SMILES string of the molecule is CC1=CC2CC1CC2c1ccc(C(=O)O)cc1. The van der Waals surface area contributed by atoms with Crippen molar-refractivity contribution in [3.63, 3.8) is 0 Å². The molecule has 1 aromatic rings. The fourth-order valence-corrected chi connectivity index (χ4v) is 3.36. The summed E-state index contributed by atoms with van der Waals surface area (Å²) in [5.74, 6) is 1.20. The third-order valence-electron chi connectivity index (χ3n) is 4.32. The maximum absolute atomic E-state index is 10.8. The summed E-state index contributed by atoms with van der Waals surface area (Å²) in [5.41, 5.74) is 3.23. The van der Waals surface area contributed by atoms with Gasteiger partial charge >= 0.3 is 5.97 Å². The quantitative estimate of drug-likeness (QED) is 0.787. The highest BCUT2D eigenvalue weighted by atomic mass is 16.4. The number of hydrogen-bond donors (Lipinski definition) is 1. The Morgan fingerprint density at radius 1 is 1.24 bits per heavy atom. The molecule has 0 radical (unpaired) electrons. The molecule has 3 rings (SSSR count). The predicted molar refractivity (Wildman–Crippen MR) is 66.1 cm³/mol. The lowest BCUT2D eigenvalue weighted by Gasteiger charge is -2.20. The Hall–Kier alpha value is -1.57. The Kier molecular flexibility index (Phi) is 2.32. The van der Waals surface area contributed by atoms with Crippen LogP contribution >= 0.6 is 0 Å². The smallest absolute Gasteiger partial charge is 0.335 e. The molecule has 2 aliphatic rings. The minimum absolute atomic E-state index is 0.378. The Morgan fingerprint density at radius 2 is 1.94 bits per heavy atom. The largest absolute Gasteiger partial charge is 0.478 e. The fourth-order valence-electron chi connectivity index (χ4n) is 3.36. The second-order valence-electron chi connectivity index (χ2n) is 5.28. The first-order chi connectivity index (χ1) is 8.15. The molecule has 0 spiro atoms. The van der Waals surface area contributed by atoms with Crippen molar-refractivity contribution in [3.8, 4) is 0 Å². The Labute approximate surface area is 101 Å². The summed E-state index contributed by atoms with van der Waals surface area (Å²) in [6, 6.07) is 7.41. The number of carbonyl (C=O) groups is 1. The van der Waals surface area contributed by atoms with Crippen molar-refractivity contribution in [2.24, 2.45) is 11.8 Å². The standard InChI is InChI=1S/C15H16O2/c1-9-6-13-7-12(9)8-14(13)10-2-4-11(5-3-10)15(16)17/h2-6,12-14H,7-8H2,1H3,(H,16,17). The summed E-state index contributed by atoms with van der Waals surface area (Å²) in [4.78, 5) is 10.8. The molecule has 2 aliphatic carbocycles. The lowest BCUT2D eigenvalue weighted by atomic mass is 9.84. The first-order valence-electron chi connectivity index (χ1n) is 6.16. The van der Waals surface area contributed by atoms with Gasteiger partial charge in [-0.2, -0.15) is 0 Å². The van der Waals surface area contributed by atoms with E-state index in [0.29, 0.717) is 17.4 Å². The maximum Gasteiger partial charge on any atom is 0.335 e. The highest BCUT2D eigenvalue weighted by molar-refractivity contribution is 5.87. The van der Waals surface area contributed by atoms with Crippen molar-refractivity contribution < 1.29 is 9.90 Å². The molecule has 1 aromatic carbocycles. The van der Waals surface area contributed by atoms with Crippen LogP contribution in [0.5, 0.6) is 0 Å². The summed E-state index contributed by atoms with van der Waals surface area (Å²) < 4.78 is 0. The number of allylic oxidation sites excluding steroid dienone is 2. The molecule has 3 atom stereocenters. The van der Waals surface area contributed by atoms with Crippen LogP contribution in [0.15, 0.2) is 35.9 Å². The van der Waals surface area contributed by atoms with E-state index in [9.17, 15) is 4.79 Å². The van der Waals surface area contributed by atoms with Gasteiger partial charge in [0, 0.05) is 0 Å². The van der Waals surface area contributed by atoms with Crippen molar-refractivity contribution in [2.75, 3.05) is 0 Å². The average molecular weight is 228 g/mol. The van der Waals surface area contributed by atoms with Crippen molar-refractivity contribution in [2.45, 2.75) is 25.7 Å². The first kappa shape index (κ1) is 10.6. The van der Waals surface area contributed by atoms with E-state index in [4.69, 9.17) is 5.11 Å². The third-order valence-corrected chi connectivity index (χ3v) is 4.32. The van der Waals surface area contributed by atoms with Gasteiger partial charge in [0.15, 0.2) is 0 Å². The number of carboxylic acids is 1. The zero-order valence-corrected chi connectivity index (χ0v) is 9.89. The van der Waals surface area contributed by atoms with Gasteiger partial charge in [-0.25, -0.2) is 4.79 Å². The minimum atomic E-state index is -0.847. The lowest BCUT2D eigenvalue weighted by molar-refractivity contribution is 0.0697. The molecule has 3 unspecified atom stereocenters. The number of rotatable bonds is 2. The molecule has 0 amide bonds. The highest BCUT2D eigenvalue weighted by Gasteiger charge is 2.39. The monoisotopic (exact) mass is 228 g/mol. The van der Waals surface area contributed by atoms with E-state index in [2.05, 4.69) is 13.0 Å². The summed E-state index contributed by atoms with van der Waals surface area (Å²) in [5, 5.41) is 8.87. The van der Waals surface area contributed by atoms with Crippen molar-refractivity contribution in [1.29, 1.82) is 0 Å². The number of aromatic carboxylic acids is 1. The normalized spacial score (nSPS) is 30.4. The molecule has 88 valence electrons. The van der Waals surface area contributed by atoms with Crippen LogP contribution in [-0.2, 0) is 0 Å². The van der Waals surface area contributed by atoms with Crippen LogP contribution in [0.3, 0.4) is 0 Å². The van der Waals surface area contributed by atoms with Crippen LogP contribution in [-0.4, -0.2) is 11.1 Å². The van der Waals surface area contributed by atoms with Crippen LogP contribution in [0.1, 0.15) is 41.6 Å². The van der Waals surface area contributed by atoms with Gasteiger partial charge in [0.25, 0.3) is 0 Å². The Bertz CT molecular complexity index is 484. The Balaban J connectivity index is 1.85. The third kappa shape index (κ3) is 1.68. The van der Waals surface area contributed by atoms with Gasteiger partial charge in [-0.15, -0.1) is 0 Å². The van der Waals surface area contributed by atoms with Gasteiger partial charge in [0.2, 0.25) is 0 Å². The molecular weight excluding hydrogens is 212 g/mol. The molecule has 2 nitrogen and oxygen atoms in total. The van der Waals surface area contributed by atoms with Crippen molar-refractivity contribution in [1.82, 2.24) is 0 Å². The molecule has 1 N–H and O–H groups in total. The van der Waals surface area contributed by atoms with Crippen LogP contribution in [0, 0.1) is 11.8 Å². The van der Waals surface area contributed by atoms with Crippen LogP contribution in [0.2, 0.25) is 0 Å². The van der Waals surface area contributed by atoms with E-state index in [1.165, 1.54) is 18.4 Å². The molecule has 17 heavy (non-hydrogen) atoms. The highest BCUT2D eigenvalue weighted by Crippen LogP contribution is 2.51. The number of carboxylic acid groups (broad SMARTS) is 1. The molecular formula is C15H16O2. The van der Waals surface area contributed by atoms with Crippen molar-refractivity contribution >= 4 is 5.97 Å². The maximum atomic E-state index is 10.8. The molecule has 2 heteroatoms. The van der Waals surface area contributed by atoms with Crippen LogP contribution < -0.4 is 0 Å². The molecule has 0 aromatic heterocycles. The molecule has 0 aliphatic heterocycles. The first-order valence-corrected chi connectivity index (χ1v) is 6.16. The molecule has 2 bridgehead atoms. The molecule has 0 heterocycles. The summed E-state index contributed by atoms with van der Waals surface area (Å²) in [6.07, 6.45) is 4.93. The summed E-state index contributed by atoms with van der Waals surface area (Å²) in [6.45, 7) is 2.23. The summed E-state index contributed by atoms with van der Waals surface area (Å²) in [7, 11) is 0. The fraction of sp³-hybridized carbons (Fsp3) is 0.400. The predicted octanol–water partition coefficient (Wildman–Crippen LogP) is 3.45. The van der Waals surface area contributed by atoms with E-state index in [1.807, 2.05) is 12.1 Å². The second-order valence-corrected chi connectivity index (χ2v) is 5.28. The topological polar surface area (TPSA) is 37.3 Å². The van der Waals surface area contributed by atoms with Gasteiger partial charge in [0.05, 0.1) is 5.56 Å². The van der Waals surface area contributed by atoms with Gasteiger partial charge < -0.3 is 5.11 Å². The van der Waals surface area contributed by atoms with Crippen LogP contribution in [0.25, 0.3) is 0 Å². The summed E-state index contributed by atoms with van der Waals surface area (Å²) >= 11 is 0. The van der Waals surface area contributed by atoms with Gasteiger partial charge in [-0.1, -0.05) is 23.8 Å².